The topological polar surface area (TPSA) is 12.9 Å². The third kappa shape index (κ3) is 6.08. The molecular formula is C26H36ClN. The first kappa shape index (κ1) is 21.4. The Morgan fingerprint density at radius 1 is 0.893 bits per heavy atom. The maximum atomic E-state index is 5.90. The lowest BCUT2D eigenvalue weighted by Crippen LogP contribution is -2.19. The molecule has 28 heavy (non-hydrogen) atoms. The molecule has 1 atom stereocenters. The van der Waals surface area contributed by atoms with Crippen molar-refractivity contribution in [3.63, 3.8) is 0 Å². The Morgan fingerprint density at radius 2 is 1.57 bits per heavy atom. The average molecular weight is 398 g/mol. The SMILES string of the molecule is CCCCCCCC1CCC(C(C)c2ccc(-c3ccc(Cl)nc3)cc2)CC1. The van der Waals surface area contributed by atoms with Gasteiger partial charge in [0.15, 0.2) is 0 Å². The van der Waals surface area contributed by atoms with Gasteiger partial charge in [-0.05, 0) is 53.9 Å². The van der Waals surface area contributed by atoms with Gasteiger partial charge in [0, 0.05) is 11.8 Å². The number of aromatic nitrogens is 1. The minimum absolute atomic E-state index is 0.547. The lowest BCUT2D eigenvalue weighted by Gasteiger charge is -2.32. The molecule has 0 saturated heterocycles. The monoisotopic (exact) mass is 397 g/mol. The summed E-state index contributed by atoms with van der Waals surface area (Å²) < 4.78 is 0. The maximum absolute atomic E-state index is 5.90. The van der Waals surface area contributed by atoms with Crippen LogP contribution in [0.4, 0.5) is 0 Å². The van der Waals surface area contributed by atoms with Crippen molar-refractivity contribution in [1.29, 1.82) is 0 Å². The van der Waals surface area contributed by atoms with E-state index in [2.05, 4.69) is 43.1 Å². The summed E-state index contributed by atoms with van der Waals surface area (Å²) in [6, 6.07) is 13.0. The van der Waals surface area contributed by atoms with E-state index in [1.807, 2.05) is 18.3 Å². The molecular weight excluding hydrogens is 362 g/mol. The molecule has 152 valence electrons. The molecule has 0 radical (unpaired) electrons. The number of hydrogen-bond donors (Lipinski definition) is 0. The zero-order valence-corrected chi connectivity index (χ0v) is 18.4. The van der Waals surface area contributed by atoms with Crippen LogP contribution in [0.3, 0.4) is 0 Å². The van der Waals surface area contributed by atoms with Crippen molar-refractivity contribution in [2.75, 3.05) is 0 Å². The van der Waals surface area contributed by atoms with Gasteiger partial charge in [-0.2, -0.15) is 0 Å². The molecule has 0 bridgehead atoms. The first-order chi connectivity index (χ1) is 13.7. The van der Waals surface area contributed by atoms with Crippen LogP contribution in [0.25, 0.3) is 11.1 Å². The third-order valence-corrected chi connectivity index (χ3v) is 7.04. The van der Waals surface area contributed by atoms with Gasteiger partial charge in [-0.15, -0.1) is 0 Å². The first-order valence-electron chi connectivity index (χ1n) is 11.4. The summed E-state index contributed by atoms with van der Waals surface area (Å²) >= 11 is 5.90. The van der Waals surface area contributed by atoms with Crippen LogP contribution in [-0.4, -0.2) is 4.98 Å². The van der Waals surface area contributed by atoms with Gasteiger partial charge in [-0.3, -0.25) is 0 Å². The van der Waals surface area contributed by atoms with Gasteiger partial charge in [-0.1, -0.05) is 101 Å². The van der Waals surface area contributed by atoms with Crippen LogP contribution in [0.1, 0.15) is 89.5 Å². The summed E-state index contributed by atoms with van der Waals surface area (Å²) in [6.45, 7) is 4.72. The summed E-state index contributed by atoms with van der Waals surface area (Å²) in [6.07, 6.45) is 16.1. The molecule has 1 aliphatic rings. The molecule has 1 aliphatic carbocycles. The number of halogens is 1. The fourth-order valence-corrected chi connectivity index (χ4v) is 4.92. The molecule has 1 fully saturated rings. The van der Waals surface area contributed by atoms with Gasteiger partial charge < -0.3 is 0 Å². The highest BCUT2D eigenvalue weighted by molar-refractivity contribution is 6.29. The Morgan fingerprint density at radius 3 is 2.21 bits per heavy atom. The number of pyridine rings is 1. The van der Waals surface area contributed by atoms with E-state index in [4.69, 9.17) is 11.6 Å². The van der Waals surface area contributed by atoms with Gasteiger partial charge >= 0.3 is 0 Å². The van der Waals surface area contributed by atoms with E-state index in [1.165, 1.54) is 75.3 Å². The summed E-state index contributed by atoms with van der Waals surface area (Å²) in [5, 5.41) is 0.547. The molecule has 0 N–H and O–H groups in total. The molecule has 1 saturated carbocycles. The van der Waals surface area contributed by atoms with E-state index >= 15 is 0 Å². The minimum atomic E-state index is 0.547. The van der Waals surface area contributed by atoms with Crippen LogP contribution in [0.5, 0.6) is 0 Å². The molecule has 0 spiro atoms. The van der Waals surface area contributed by atoms with Crippen molar-refractivity contribution in [2.24, 2.45) is 11.8 Å². The molecule has 0 amide bonds. The second-order valence-electron chi connectivity index (χ2n) is 8.76. The number of hydrogen-bond acceptors (Lipinski definition) is 1. The highest BCUT2D eigenvalue weighted by Gasteiger charge is 2.25. The molecule has 1 aromatic heterocycles. The molecule has 0 aliphatic heterocycles. The normalized spacial score (nSPS) is 20.8. The van der Waals surface area contributed by atoms with Crippen molar-refractivity contribution < 1.29 is 0 Å². The van der Waals surface area contributed by atoms with E-state index < -0.39 is 0 Å². The van der Waals surface area contributed by atoms with Crippen LogP contribution in [-0.2, 0) is 0 Å². The van der Waals surface area contributed by atoms with Gasteiger partial charge in [0.25, 0.3) is 0 Å². The predicted octanol–water partition coefficient (Wildman–Crippen LogP) is 8.67. The largest absolute Gasteiger partial charge is 0.244 e. The summed E-state index contributed by atoms with van der Waals surface area (Å²) in [7, 11) is 0. The molecule has 2 aromatic rings. The minimum Gasteiger partial charge on any atom is -0.244 e. The van der Waals surface area contributed by atoms with Gasteiger partial charge in [-0.25, -0.2) is 4.98 Å². The van der Waals surface area contributed by atoms with E-state index in [9.17, 15) is 0 Å². The van der Waals surface area contributed by atoms with E-state index in [-0.39, 0.29) is 0 Å². The number of rotatable bonds is 9. The molecule has 3 rings (SSSR count). The molecule has 1 nitrogen and oxygen atoms in total. The molecule has 1 unspecified atom stereocenters. The second kappa shape index (κ2) is 11.0. The predicted molar refractivity (Wildman–Crippen MR) is 122 cm³/mol. The first-order valence-corrected chi connectivity index (χ1v) is 11.8. The Hall–Kier alpha value is -1.34. The maximum Gasteiger partial charge on any atom is 0.129 e. The molecule has 1 aromatic carbocycles. The van der Waals surface area contributed by atoms with Crippen LogP contribution >= 0.6 is 11.6 Å². The Bertz CT molecular complexity index is 683. The Balaban J connectivity index is 1.47. The van der Waals surface area contributed by atoms with E-state index in [1.54, 1.807) is 0 Å². The fraction of sp³-hybridized carbons (Fsp3) is 0.577. The zero-order chi connectivity index (χ0) is 19.8. The number of benzene rings is 1. The average Bonchev–Trinajstić information content (AvgIpc) is 2.74. The van der Waals surface area contributed by atoms with Gasteiger partial charge in [0.05, 0.1) is 0 Å². The van der Waals surface area contributed by atoms with Gasteiger partial charge in [0.2, 0.25) is 0 Å². The summed E-state index contributed by atoms with van der Waals surface area (Å²) in [5.74, 6) is 2.49. The van der Waals surface area contributed by atoms with Crippen LogP contribution in [0, 0.1) is 11.8 Å². The lowest BCUT2D eigenvalue weighted by molar-refractivity contribution is 0.236. The van der Waals surface area contributed by atoms with Crippen molar-refractivity contribution >= 4 is 11.6 Å². The summed E-state index contributed by atoms with van der Waals surface area (Å²) in [4.78, 5) is 4.19. The van der Waals surface area contributed by atoms with E-state index in [0.29, 0.717) is 11.1 Å². The molecule has 2 heteroatoms. The van der Waals surface area contributed by atoms with Crippen molar-refractivity contribution in [3.8, 4) is 11.1 Å². The van der Waals surface area contributed by atoms with Crippen molar-refractivity contribution in [1.82, 2.24) is 4.98 Å². The number of unbranched alkanes of at least 4 members (excludes halogenated alkanes) is 4. The standard InChI is InChI=1S/C26H36ClN/c1-3-4-5-6-7-8-21-9-11-22(12-10-21)20(2)23-13-15-24(16-14-23)25-17-18-26(27)28-19-25/h13-22H,3-12H2,1-2H3. The third-order valence-electron chi connectivity index (χ3n) is 6.81. The smallest absolute Gasteiger partial charge is 0.129 e. The Labute approximate surface area is 176 Å². The highest BCUT2D eigenvalue weighted by Crippen LogP contribution is 2.40. The van der Waals surface area contributed by atoms with Crippen molar-refractivity contribution in [3.05, 3.63) is 53.3 Å². The quantitative estimate of drug-likeness (QED) is 0.304. The lowest BCUT2D eigenvalue weighted by atomic mass is 9.73. The Kier molecular flexibility index (Phi) is 8.40. The van der Waals surface area contributed by atoms with Gasteiger partial charge in [0.1, 0.15) is 5.15 Å². The zero-order valence-electron chi connectivity index (χ0n) is 17.7. The highest BCUT2D eigenvalue weighted by atomic mass is 35.5. The summed E-state index contributed by atoms with van der Waals surface area (Å²) in [5.41, 5.74) is 3.82. The molecule has 1 heterocycles. The van der Waals surface area contributed by atoms with Crippen LogP contribution in [0.2, 0.25) is 5.15 Å². The van der Waals surface area contributed by atoms with Crippen LogP contribution in [0.15, 0.2) is 42.6 Å². The second-order valence-corrected chi connectivity index (χ2v) is 9.15. The fourth-order valence-electron chi connectivity index (χ4n) is 4.81. The van der Waals surface area contributed by atoms with Crippen molar-refractivity contribution in [2.45, 2.75) is 84.0 Å². The number of nitrogens with zero attached hydrogens (tertiary/aromatic N) is 1. The van der Waals surface area contributed by atoms with E-state index in [0.717, 1.165) is 17.4 Å². The van der Waals surface area contributed by atoms with Crippen LogP contribution < -0.4 is 0 Å².